The van der Waals surface area contributed by atoms with E-state index in [0.717, 1.165) is 21.9 Å². The van der Waals surface area contributed by atoms with E-state index in [4.69, 9.17) is 0 Å². The van der Waals surface area contributed by atoms with Gasteiger partial charge in [-0.1, -0.05) is 41.5 Å². The fourth-order valence-corrected chi connectivity index (χ4v) is 2.81. The molecule has 0 amide bonds. The van der Waals surface area contributed by atoms with E-state index in [1.165, 1.54) is 0 Å². The summed E-state index contributed by atoms with van der Waals surface area (Å²) in [6, 6.07) is 4.04. The predicted octanol–water partition coefficient (Wildman–Crippen LogP) is 5.19. The first-order chi connectivity index (χ1) is 9.59. The lowest BCUT2D eigenvalue weighted by molar-refractivity contribution is 0.423. The minimum atomic E-state index is -0.120. The van der Waals surface area contributed by atoms with Crippen LogP contribution in [0.15, 0.2) is 23.7 Å². The van der Waals surface area contributed by atoms with Crippen molar-refractivity contribution in [3.63, 3.8) is 0 Å². The van der Waals surface area contributed by atoms with E-state index in [-0.39, 0.29) is 10.8 Å². The zero-order valence-corrected chi connectivity index (χ0v) is 14.4. The van der Waals surface area contributed by atoms with Gasteiger partial charge in [-0.2, -0.15) is 0 Å². The molecule has 3 nitrogen and oxygen atoms in total. The Kier molecular flexibility index (Phi) is 4.02. The van der Waals surface area contributed by atoms with E-state index in [9.17, 15) is 5.11 Å². The second-order valence-electron chi connectivity index (χ2n) is 7.38. The highest BCUT2D eigenvalue weighted by atomic mass is 32.1. The summed E-state index contributed by atoms with van der Waals surface area (Å²) in [4.78, 5) is 4.26. The maximum absolute atomic E-state index is 10.7. The van der Waals surface area contributed by atoms with Crippen LogP contribution in [0.25, 0.3) is 0 Å². The highest BCUT2D eigenvalue weighted by Crippen LogP contribution is 2.41. The van der Waals surface area contributed by atoms with Crippen molar-refractivity contribution in [3.05, 3.63) is 34.8 Å². The van der Waals surface area contributed by atoms with E-state index >= 15 is 0 Å². The average Bonchev–Trinajstić information content (AvgIpc) is 2.81. The number of hydrogen-bond acceptors (Lipinski definition) is 4. The fraction of sp³-hybridized carbons (Fsp3) is 0.471. The van der Waals surface area contributed by atoms with Crippen molar-refractivity contribution in [3.8, 4) is 5.75 Å². The summed E-state index contributed by atoms with van der Waals surface area (Å²) in [7, 11) is 0. The van der Waals surface area contributed by atoms with Crippen LogP contribution in [-0.2, 0) is 10.8 Å². The Morgan fingerprint density at radius 1 is 1.00 bits per heavy atom. The number of benzene rings is 1. The molecule has 0 spiro atoms. The summed E-state index contributed by atoms with van der Waals surface area (Å²) in [5.41, 5.74) is 2.63. The second-order valence-corrected chi connectivity index (χ2v) is 8.28. The Hall–Kier alpha value is -1.55. The van der Waals surface area contributed by atoms with Crippen LogP contribution in [0.4, 0.5) is 10.8 Å². The SMILES string of the molecule is CC(C)(C)c1cc(Nc2nccs2)cc(C(C)(C)C)c1O. The van der Waals surface area contributed by atoms with Gasteiger partial charge in [0.05, 0.1) is 0 Å². The van der Waals surface area contributed by atoms with E-state index in [1.807, 2.05) is 17.5 Å². The van der Waals surface area contributed by atoms with Gasteiger partial charge in [-0.3, -0.25) is 0 Å². The first-order valence-electron chi connectivity index (χ1n) is 7.13. The first kappa shape index (κ1) is 15.8. The third-order valence-electron chi connectivity index (χ3n) is 3.41. The average molecular weight is 304 g/mol. The van der Waals surface area contributed by atoms with Crippen LogP contribution in [0.3, 0.4) is 0 Å². The number of phenolic OH excluding ortho intramolecular Hbond substituents is 1. The molecule has 0 aliphatic carbocycles. The smallest absolute Gasteiger partial charge is 0.187 e. The highest BCUT2D eigenvalue weighted by molar-refractivity contribution is 7.13. The molecule has 114 valence electrons. The number of aromatic hydroxyl groups is 1. The Morgan fingerprint density at radius 3 is 1.90 bits per heavy atom. The van der Waals surface area contributed by atoms with Crippen molar-refractivity contribution in [2.75, 3.05) is 5.32 Å². The van der Waals surface area contributed by atoms with Crippen molar-refractivity contribution in [2.45, 2.75) is 52.4 Å². The molecule has 0 unspecified atom stereocenters. The molecule has 0 bridgehead atoms. The molecule has 1 aromatic carbocycles. The number of thiazole rings is 1. The molecule has 0 radical (unpaired) electrons. The zero-order chi connectivity index (χ0) is 15.8. The molecule has 1 aromatic heterocycles. The standard InChI is InChI=1S/C17H24N2OS/c1-16(2,3)12-9-11(19-15-18-7-8-21-15)10-13(14(12)20)17(4,5)6/h7-10,20H,1-6H3,(H,18,19). The number of hydrogen-bond donors (Lipinski definition) is 2. The van der Waals surface area contributed by atoms with Crippen molar-refractivity contribution >= 4 is 22.2 Å². The van der Waals surface area contributed by atoms with Gasteiger partial charge in [0, 0.05) is 28.4 Å². The van der Waals surface area contributed by atoms with Gasteiger partial charge in [0.2, 0.25) is 0 Å². The molecule has 4 heteroatoms. The number of aromatic nitrogens is 1. The third-order valence-corrected chi connectivity index (χ3v) is 4.10. The number of anilines is 2. The molecule has 0 saturated carbocycles. The van der Waals surface area contributed by atoms with Gasteiger partial charge in [-0.25, -0.2) is 4.98 Å². The maximum Gasteiger partial charge on any atom is 0.187 e. The summed E-state index contributed by atoms with van der Waals surface area (Å²) in [5, 5.41) is 16.8. The normalized spacial score (nSPS) is 12.5. The minimum absolute atomic E-state index is 0.120. The molecule has 0 saturated heterocycles. The van der Waals surface area contributed by atoms with Crippen LogP contribution in [0.5, 0.6) is 5.75 Å². The topological polar surface area (TPSA) is 45.2 Å². The Balaban J connectivity index is 2.56. The summed E-state index contributed by atoms with van der Waals surface area (Å²) in [5.74, 6) is 0.402. The number of phenols is 1. The van der Waals surface area contributed by atoms with Gasteiger partial charge >= 0.3 is 0 Å². The van der Waals surface area contributed by atoms with Gasteiger partial charge < -0.3 is 10.4 Å². The molecule has 2 N–H and O–H groups in total. The van der Waals surface area contributed by atoms with Gasteiger partial charge in [0.15, 0.2) is 5.13 Å². The van der Waals surface area contributed by atoms with Crippen LogP contribution < -0.4 is 5.32 Å². The van der Waals surface area contributed by atoms with Crippen LogP contribution in [0, 0.1) is 0 Å². The van der Waals surface area contributed by atoms with E-state index in [0.29, 0.717) is 5.75 Å². The molecule has 0 atom stereocenters. The van der Waals surface area contributed by atoms with Crippen molar-refractivity contribution in [1.29, 1.82) is 0 Å². The van der Waals surface area contributed by atoms with Crippen LogP contribution >= 0.6 is 11.3 Å². The summed E-state index contributed by atoms with van der Waals surface area (Å²) < 4.78 is 0. The Bertz CT molecular complexity index is 584. The second kappa shape index (κ2) is 5.34. The zero-order valence-electron chi connectivity index (χ0n) is 13.6. The van der Waals surface area contributed by atoms with Crippen molar-refractivity contribution < 1.29 is 5.11 Å². The van der Waals surface area contributed by atoms with Gasteiger partial charge in [0.1, 0.15) is 5.75 Å². The van der Waals surface area contributed by atoms with Crippen molar-refractivity contribution in [2.24, 2.45) is 0 Å². The van der Waals surface area contributed by atoms with E-state index in [2.05, 4.69) is 51.8 Å². The summed E-state index contributed by atoms with van der Waals surface area (Å²) in [6.07, 6.45) is 1.78. The molecule has 2 aromatic rings. The van der Waals surface area contributed by atoms with E-state index < -0.39 is 0 Å². The molecule has 0 fully saturated rings. The Labute approximate surface area is 131 Å². The quantitative estimate of drug-likeness (QED) is 0.751. The monoisotopic (exact) mass is 304 g/mol. The molecule has 1 heterocycles. The van der Waals surface area contributed by atoms with Crippen LogP contribution in [0.2, 0.25) is 0 Å². The molecule has 2 rings (SSSR count). The fourth-order valence-electron chi connectivity index (χ4n) is 2.26. The predicted molar refractivity (Wildman–Crippen MR) is 90.9 cm³/mol. The molecule has 21 heavy (non-hydrogen) atoms. The number of nitrogens with one attached hydrogen (secondary N) is 1. The molecule has 0 aliphatic rings. The molecular weight excluding hydrogens is 280 g/mol. The van der Waals surface area contributed by atoms with Gasteiger partial charge in [-0.05, 0) is 23.0 Å². The van der Waals surface area contributed by atoms with Gasteiger partial charge in [0.25, 0.3) is 0 Å². The highest BCUT2D eigenvalue weighted by Gasteiger charge is 2.26. The minimum Gasteiger partial charge on any atom is -0.507 e. The van der Waals surface area contributed by atoms with E-state index in [1.54, 1.807) is 17.5 Å². The lowest BCUT2D eigenvalue weighted by Crippen LogP contribution is -2.17. The summed E-state index contributed by atoms with van der Waals surface area (Å²) >= 11 is 1.56. The summed E-state index contributed by atoms with van der Waals surface area (Å²) in [6.45, 7) is 12.7. The van der Waals surface area contributed by atoms with Crippen LogP contribution in [-0.4, -0.2) is 10.1 Å². The third kappa shape index (κ3) is 3.56. The molecular formula is C17H24N2OS. The number of rotatable bonds is 2. The first-order valence-corrected chi connectivity index (χ1v) is 8.01. The lowest BCUT2D eigenvalue weighted by Gasteiger charge is -2.28. The maximum atomic E-state index is 10.7. The molecule has 0 aliphatic heterocycles. The van der Waals surface area contributed by atoms with Gasteiger partial charge in [-0.15, -0.1) is 11.3 Å². The van der Waals surface area contributed by atoms with Crippen LogP contribution in [0.1, 0.15) is 52.7 Å². The largest absolute Gasteiger partial charge is 0.507 e. The number of nitrogens with zero attached hydrogens (tertiary/aromatic N) is 1. The lowest BCUT2D eigenvalue weighted by atomic mass is 9.79. The van der Waals surface area contributed by atoms with Crippen molar-refractivity contribution in [1.82, 2.24) is 4.98 Å². The Morgan fingerprint density at radius 2 is 1.52 bits per heavy atom.